The van der Waals surface area contributed by atoms with Gasteiger partial charge in [-0.3, -0.25) is 0 Å². The summed E-state index contributed by atoms with van der Waals surface area (Å²) < 4.78 is 10.7. The van der Waals surface area contributed by atoms with Gasteiger partial charge in [0, 0.05) is 19.8 Å². The number of rotatable bonds is 8. The van der Waals surface area contributed by atoms with Crippen LogP contribution in [0.1, 0.15) is 31.9 Å². The highest BCUT2D eigenvalue weighted by Crippen LogP contribution is 2.21. The van der Waals surface area contributed by atoms with E-state index in [9.17, 15) is 0 Å². The van der Waals surface area contributed by atoms with Crippen LogP contribution in [0.25, 0.3) is 0 Å². The highest BCUT2D eigenvalue weighted by atomic mass is 16.5. The van der Waals surface area contributed by atoms with Gasteiger partial charge in [0.1, 0.15) is 5.75 Å². The maximum absolute atomic E-state index is 5.52. The Kier molecular flexibility index (Phi) is 6.67. The van der Waals surface area contributed by atoms with Gasteiger partial charge in [0.2, 0.25) is 0 Å². The lowest BCUT2D eigenvalue weighted by molar-refractivity contribution is 0.183. The van der Waals surface area contributed by atoms with Crippen molar-refractivity contribution in [3.8, 4) is 5.75 Å². The van der Waals surface area contributed by atoms with Crippen LogP contribution in [0.4, 0.5) is 0 Å². The minimum Gasteiger partial charge on any atom is -0.494 e. The van der Waals surface area contributed by atoms with Crippen LogP contribution in [0.2, 0.25) is 0 Å². The van der Waals surface area contributed by atoms with E-state index in [0.29, 0.717) is 12.6 Å². The van der Waals surface area contributed by atoms with Crippen molar-refractivity contribution >= 4 is 0 Å². The van der Waals surface area contributed by atoms with Crippen molar-refractivity contribution < 1.29 is 9.47 Å². The minimum absolute atomic E-state index is 0.334. The van der Waals surface area contributed by atoms with E-state index < -0.39 is 0 Å². The maximum atomic E-state index is 5.52. The van der Waals surface area contributed by atoms with Crippen molar-refractivity contribution in [2.75, 3.05) is 26.9 Å². The lowest BCUT2D eigenvalue weighted by atomic mass is 10.0. The molecule has 96 valence electrons. The van der Waals surface area contributed by atoms with Gasteiger partial charge in [-0.25, -0.2) is 0 Å². The first-order valence-electron chi connectivity index (χ1n) is 6.26. The average molecular weight is 237 g/mol. The molecule has 1 aromatic rings. The van der Waals surface area contributed by atoms with Gasteiger partial charge in [-0.15, -0.1) is 0 Å². The fourth-order valence-corrected chi connectivity index (χ4v) is 1.86. The standard InChI is InChI=1S/C14H23NO2/c1-4-15-14(9-10-16-3)12-7-6-8-13(11-12)17-5-2/h6-8,11,14-15H,4-5,9-10H2,1-3H3. The molecule has 0 amide bonds. The van der Waals surface area contributed by atoms with Crippen LogP contribution in [-0.4, -0.2) is 26.9 Å². The molecule has 0 aliphatic carbocycles. The highest BCUT2D eigenvalue weighted by molar-refractivity contribution is 5.30. The quantitative estimate of drug-likeness (QED) is 0.754. The van der Waals surface area contributed by atoms with Gasteiger partial charge < -0.3 is 14.8 Å². The van der Waals surface area contributed by atoms with Crippen LogP contribution in [0, 0.1) is 0 Å². The molecule has 0 saturated heterocycles. The third-order valence-electron chi connectivity index (χ3n) is 2.63. The zero-order valence-corrected chi connectivity index (χ0v) is 11.0. The monoisotopic (exact) mass is 237 g/mol. The second kappa shape index (κ2) is 8.09. The molecule has 1 unspecified atom stereocenters. The van der Waals surface area contributed by atoms with Gasteiger partial charge >= 0.3 is 0 Å². The Bertz CT molecular complexity index is 315. The summed E-state index contributed by atoms with van der Waals surface area (Å²) in [7, 11) is 1.74. The molecule has 1 atom stereocenters. The summed E-state index contributed by atoms with van der Waals surface area (Å²) in [6, 6.07) is 8.60. The first-order valence-corrected chi connectivity index (χ1v) is 6.26. The van der Waals surface area contributed by atoms with Gasteiger partial charge in [-0.1, -0.05) is 19.1 Å². The maximum Gasteiger partial charge on any atom is 0.119 e. The average Bonchev–Trinajstić information content (AvgIpc) is 2.35. The summed E-state index contributed by atoms with van der Waals surface area (Å²) in [5.41, 5.74) is 1.26. The number of hydrogen-bond acceptors (Lipinski definition) is 3. The predicted octanol–water partition coefficient (Wildman–Crippen LogP) is 2.77. The molecular formula is C14H23NO2. The van der Waals surface area contributed by atoms with Crippen molar-refractivity contribution in [2.45, 2.75) is 26.3 Å². The van der Waals surface area contributed by atoms with Crippen molar-refractivity contribution in [3.63, 3.8) is 0 Å². The Labute approximate surface area is 104 Å². The van der Waals surface area contributed by atoms with E-state index in [1.165, 1.54) is 5.56 Å². The van der Waals surface area contributed by atoms with E-state index in [1.807, 2.05) is 19.1 Å². The van der Waals surface area contributed by atoms with E-state index >= 15 is 0 Å². The highest BCUT2D eigenvalue weighted by Gasteiger charge is 2.10. The Hall–Kier alpha value is -1.06. The molecule has 0 aliphatic heterocycles. The van der Waals surface area contributed by atoms with Crippen LogP contribution < -0.4 is 10.1 Å². The molecule has 1 rings (SSSR count). The first-order chi connectivity index (χ1) is 8.31. The van der Waals surface area contributed by atoms with E-state index in [0.717, 1.165) is 25.3 Å². The van der Waals surface area contributed by atoms with E-state index in [2.05, 4.69) is 24.4 Å². The van der Waals surface area contributed by atoms with Gasteiger partial charge in [0.05, 0.1) is 6.61 Å². The third-order valence-corrected chi connectivity index (χ3v) is 2.63. The minimum atomic E-state index is 0.334. The van der Waals surface area contributed by atoms with Crippen LogP contribution in [0.3, 0.4) is 0 Å². The van der Waals surface area contributed by atoms with Gasteiger partial charge in [0.25, 0.3) is 0 Å². The molecule has 0 spiro atoms. The first kappa shape index (κ1) is 14.0. The third kappa shape index (κ3) is 4.75. The Morgan fingerprint density at radius 3 is 2.76 bits per heavy atom. The van der Waals surface area contributed by atoms with Crippen LogP contribution >= 0.6 is 0 Å². The number of benzene rings is 1. The second-order valence-corrected chi connectivity index (χ2v) is 3.90. The molecule has 17 heavy (non-hydrogen) atoms. The summed E-state index contributed by atoms with van der Waals surface area (Å²) in [6.45, 7) is 6.53. The normalized spacial score (nSPS) is 12.4. The molecule has 0 heterocycles. The molecule has 1 N–H and O–H groups in total. The number of nitrogens with one attached hydrogen (secondary N) is 1. The SMILES string of the molecule is CCNC(CCOC)c1cccc(OCC)c1. The Morgan fingerprint density at radius 1 is 1.29 bits per heavy atom. The van der Waals surface area contributed by atoms with Crippen molar-refractivity contribution in [1.82, 2.24) is 5.32 Å². The Balaban J connectivity index is 2.73. The van der Waals surface area contributed by atoms with Gasteiger partial charge in [-0.2, -0.15) is 0 Å². The van der Waals surface area contributed by atoms with E-state index in [4.69, 9.17) is 9.47 Å². The number of hydrogen-bond donors (Lipinski definition) is 1. The topological polar surface area (TPSA) is 30.5 Å². The number of methoxy groups -OCH3 is 1. The summed E-state index contributed by atoms with van der Waals surface area (Å²) >= 11 is 0. The summed E-state index contributed by atoms with van der Waals surface area (Å²) in [6.07, 6.45) is 0.972. The lowest BCUT2D eigenvalue weighted by Crippen LogP contribution is -2.22. The van der Waals surface area contributed by atoms with E-state index in [1.54, 1.807) is 7.11 Å². The lowest BCUT2D eigenvalue weighted by Gasteiger charge is -2.18. The molecule has 0 aliphatic rings. The predicted molar refractivity (Wildman–Crippen MR) is 70.5 cm³/mol. The smallest absolute Gasteiger partial charge is 0.119 e. The van der Waals surface area contributed by atoms with Crippen LogP contribution in [0.5, 0.6) is 5.75 Å². The van der Waals surface area contributed by atoms with Gasteiger partial charge in [-0.05, 0) is 37.6 Å². The second-order valence-electron chi connectivity index (χ2n) is 3.90. The van der Waals surface area contributed by atoms with Gasteiger partial charge in [0.15, 0.2) is 0 Å². The van der Waals surface area contributed by atoms with E-state index in [-0.39, 0.29) is 0 Å². The fourth-order valence-electron chi connectivity index (χ4n) is 1.86. The summed E-state index contributed by atoms with van der Waals surface area (Å²) in [5.74, 6) is 0.935. The molecule has 0 aromatic heterocycles. The molecule has 0 saturated carbocycles. The molecule has 0 bridgehead atoms. The molecule has 3 nitrogen and oxygen atoms in total. The largest absolute Gasteiger partial charge is 0.494 e. The van der Waals surface area contributed by atoms with Crippen molar-refractivity contribution in [3.05, 3.63) is 29.8 Å². The van der Waals surface area contributed by atoms with Crippen molar-refractivity contribution in [2.24, 2.45) is 0 Å². The summed E-state index contributed by atoms with van der Waals surface area (Å²) in [5, 5.41) is 3.47. The summed E-state index contributed by atoms with van der Waals surface area (Å²) in [4.78, 5) is 0. The molecular weight excluding hydrogens is 214 g/mol. The van der Waals surface area contributed by atoms with Crippen molar-refractivity contribution in [1.29, 1.82) is 0 Å². The molecule has 0 radical (unpaired) electrons. The zero-order valence-electron chi connectivity index (χ0n) is 11.0. The molecule has 1 aromatic carbocycles. The zero-order chi connectivity index (χ0) is 12.5. The number of ether oxygens (including phenoxy) is 2. The van der Waals surface area contributed by atoms with Crippen LogP contribution in [-0.2, 0) is 4.74 Å². The van der Waals surface area contributed by atoms with Crippen LogP contribution in [0.15, 0.2) is 24.3 Å². The fraction of sp³-hybridized carbons (Fsp3) is 0.571. The molecule has 3 heteroatoms. The Morgan fingerprint density at radius 2 is 2.12 bits per heavy atom. The molecule has 0 fully saturated rings.